The molecule has 5 N–H and O–H groups in total. The summed E-state index contributed by atoms with van der Waals surface area (Å²) in [5, 5.41) is 2.78. The van der Waals surface area contributed by atoms with Gasteiger partial charge in [-0.1, -0.05) is 13.8 Å². The first-order chi connectivity index (χ1) is 11.3. The highest BCUT2D eigenvalue weighted by molar-refractivity contribution is 6.21. The van der Waals surface area contributed by atoms with Crippen molar-refractivity contribution in [1.29, 1.82) is 0 Å². The van der Waals surface area contributed by atoms with Crippen LogP contribution in [-0.4, -0.2) is 59.9 Å². The lowest BCUT2D eigenvalue weighted by atomic mass is 10.0. The van der Waals surface area contributed by atoms with E-state index in [4.69, 9.17) is 16.2 Å². The molecular formula is C15H25N5O4. The standard InChI is InChI=1S/C15H25N5O4/c1-8(2)7-9(16)12(21)18-5-3-4-6-19-15(17)20-13(22)10-11(24-10)14(20)23/h8-11H,3-7,16H2,1-2H3,(H2,17,19)(H,18,21)/t9-,10?,11?/m0/s1. The Morgan fingerprint density at radius 1 is 1.29 bits per heavy atom. The van der Waals surface area contributed by atoms with Crippen molar-refractivity contribution in [3.8, 4) is 0 Å². The van der Waals surface area contributed by atoms with Gasteiger partial charge < -0.3 is 21.5 Å². The Kier molecular flexibility index (Phi) is 5.89. The van der Waals surface area contributed by atoms with Crippen LogP contribution in [0, 0.1) is 5.92 Å². The second kappa shape index (κ2) is 7.71. The molecule has 2 fully saturated rings. The molecule has 0 aromatic rings. The van der Waals surface area contributed by atoms with E-state index in [0.29, 0.717) is 38.3 Å². The number of morpholine rings is 1. The van der Waals surface area contributed by atoms with E-state index < -0.39 is 30.1 Å². The molecule has 0 aromatic heterocycles. The number of likely N-dealkylation sites (tertiary alicyclic amines) is 1. The number of amides is 3. The van der Waals surface area contributed by atoms with Crippen molar-refractivity contribution in [2.24, 2.45) is 22.4 Å². The molecule has 134 valence electrons. The van der Waals surface area contributed by atoms with Gasteiger partial charge >= 0.3 is 0 Å². The van der Waals surface area contributed by atoms with Crippen molar-refractivity contribution >= 4 is 23.7 Å². The number of unbranched alkanes of at least 4 members (excludes halogenated alkanes) is 1. The molecule has 9 heteroatoms. The zero-order valence-electron chi connectivity index (χ0n) is 14.0. The van der Waals surface area contributed by atoms with Crippen LogP contribution in [0.4, 0.5) is 0 Å². The van der Waals surface area contributed by atoms with E-state index in [0.717, 1.165) is 4.90 Å². The second-order valence-electron chi connectivity index (χ2n) is 6.46. The quantitative estimate of drug-likeness (QED) is 0.165. The van der Waals surface area contributed by atoms with Gasteiger partial charge in [-0.05, 0) is 25.2 Å². The summed E-state index contributed by atoms with van der Waals surface area (Å²) >= 11 is 0. The van der Waals surface area contributed by atoms with Gasteiger partial charge in [0.2, 0.25) is 11.9 Å². The number of ether oxygens (including phenoxy) is 1. The topological polar surface area (TPSA) is 143 Å². The van der Waals surface area contributed by atoms with Gasteiger partial charge in [-0.2, -0.15) is 0 Å². The van der Waals surface area contributed by atoms with Gasteiger partial charge in [0.15, 0.2) is 12.2 Å². The zero-order valence-corrected chi connectivity index (χ0v) is 14.0. The molecule has 2 rings (SSSR count). The SMILES string of the molecule is CC(C)C[C@H](N)C(=O)NCCCCN=C(N)N1C(=O)C2OC2C1=O. The summed E-state index contributed by atoms with van der Waals surface area (Å²) in [5.74, 6) is -0.770. The maximum Gasteiger partial charge on any atom is 0.268 e. The molecule has 2 heterocycles. The molecule has 3 amide bonds. The fourth-order valence-electron chi connectivity index (χ4n) is 2.54. The van der Waals surface area contributed by atoms with Gasteiger partial charge in [0.25, 0.3) is 11.8 Å². The number of hydrogen-bond donors (Lipinski definition) is 3. The molecule has 0 aromatic carbocycles. The fraction of sp³-hybridized carbons (Fsp3) is 0.733. The molecule has 0 spiro atoms. The Bertz CT molecular complexity index is 528. The number of nitrogens with one attached hydrogen (secondary N) is 1. The summed E-state index contributed by atoms with van der Waals surface area (Å²) in [4.78, 5) is 40.1. The van der Waals surface area contributed by atoms with Crippen molar-refractivity contribution in [2.45, 2.75) is 51.4 Å². The normalized spacial score (nSPS) is 24.3. The van der Waals surface area contributed by atoms with Crippen LogP contribution in [0.25, 0.3) is 0 Å². The number of guanidine groups is 1. The zero-order chi connectivity index (χ0) is 17.9. The van der Waals surface area contributed by atoms with E-state index in [2.05, 4.69) is 10.3 Å². The van der Waals surface area contributed by atoms with Crippen LogP contribution in [0.2, 0.25) is 0 Å². The third-order valence-electron chi connectivity index (χ3n) is 3.87. The molecule has 3 atom stereocenters. The molecule has 2 saturated heterocycles. The van der Waals surface area contributed by atoms with Gasteiger partial charge in [0.1, 0.15) is 0 Å². The van der Waals surface area contributed by atoms with Crippen molar-refractivity contribution in [1.82, 2.24) is 10.2 Å². The van der Waals surface area contributed by atoms with Gasteiger partial charge in [-0.15, -0.1) is 0 Å². The summed E-state index contributed by atoms with van der Waals surface area (Å²) in [7, 11) is 0. The lowest BCUT2D eigenvalue weighted by molar-refractivity contribution is -0.139. The van der Waals surface area contributed by atoms with Crippen LogP contribution in [0.15, 0.2) is 4.99 Å². The maximum atomic E-state index is 11.7. The van der Waals surface area contributed by atoms with Crippen molar-refractivity contribution in [2.75, 3.05) is 13.1 Å². The number of nitrogens with two attached hydrogens (primary N) is 2. The van der Waals surface area contributed by atoms with Crippen LogP contribution < -0.4 is 16.8 Å². The number of fused-ring (bicyclic) bond motifs is 1. The van der Waals surface area contributed by atoms with Crippen LogP contribution >= 0.6 is 0 Å². The molecule has 0 bridgehead atoms. The minimum atomic E-state index is -0.670. The van der Waals surface area contributed by atoms with Crippen LogP contribution in [0.5, 0.6) is 0 Å². The largest absolute Gasteiger partial charge is 0.369 e. The Morgan fingerprint density at radius 2 is 1.92 bits per heavy atom. The highest BCUT2D eigenvalue weighted by atomic mass is 16.6. The third-order valence-corrected chi connectivity index (χ3v) is 3.87. The Morgan fingerprint density at radius 3 is 2.50 bits per heavy atom. The average Bonchev–Trinajstić information content (AvgIpc) is 3.25. The van der Waals surface area contributed by atoms with Crippen LogP contribution in [0.3, 0.4) is 0 Å². The highest BCUT2D eigenvalue weighted by Crippen LogP contribution is 2.32. The highest BCUT2D eigenvalue weighted by Gasteiger charge is 2.62. The first kappa shape index (κ1) is 18.3. The Balaban J connectivity index is 1.62. The molecule has 9 nitrogen and oxygen atoms in total. The van der Waals surface area contributed by atoms with Gasteiger partial charge in [0, 0.05) is 13.1 Å². The number of epoxide rings is 1. The first-order valence-corrected chi connectivity index (χ1v) is 8.19. The van der Waals surface area contributed by atoms with Gasteiger partial charge in [-0.25, -0.2) is 4.90 Å². The summed E-state index contributed by atoms with van der Waals surface area (Å²) in [6.45, 7) is 4.90. The number of rotatable bonds is 8. The molecule has 0 radical (unpaired) electrons. The predicted octanol–water partition coefficient (Wildman–Crippen LogP) is -1.29. The van der Waals surface area contributed by atoms with E-state index >= 15 is 0 Å². The van der Waals surface area contributed by atoms with Crippen molar-refractivity contribution in [3.63, 3.8) is 0 Å². The van der Waals surface area contributed by atoms with E-state index in [-0.39, 0.29) is 11.9 Å². The molecule has 2 aliphatic heterocycles. The van der Waals surface area contributed by atoms with Gasteiger partial charge in [0.05, 0.1) is 6.04 Å². The molecule has 2 aliphatic rings. The molecular weight excluding hydrogens is 314 g/mol. The fourth-order valence-corrected chi connectivity index (χ4v) is 2.54. The minimum absolute atomic E-state index is 0.0937. The lowest BCUT2D eigenvalue weighted by Crippen LogP contribution is -2.44. The van der Waals surface area contributed by atoms with Gasteiger partial charge in [-0.3, -0.25) is 19.4 Å². The molecule has 2 unspecified atom stereocenters. The van der Waals surface area contributed by atoms with Crippen molar-refractivity contribution < 1.29 is 19.1 Å². The third kappa shape index (κ3) is 4.30. The summed E-state index contributed by atoms with van der Waals surface area (Å²) in [5.41, 5.74) is 11.5. The number of carbonyl (C=O) groups excluding carboxylic acids is 3. The van der Waals surface area contributed by atoms with E-state index in [9.17, 15) is 14.4 Å². The monoisotopic (exact) mass is 339 g/mol. The minimum Gasteiger partial charge on any atom is -0.369 e. The summed E-state index contributed by atoms with van der Waals surface area (Å²) in [6.07, 6.45) is 0.677. The first-order valence-electron chi connectivity index (χ1n) is 8.19. The van der Waals surface area contributed by atoms with E-state index in [1.54, 1.807) is 0 Å². The average molecular weight is 339 g/mol. The molecule has 0 aliphatic carbocycles. The molecule has 24 heavy (non-hydrogen) atoms. The predicted molar refractivity (Wildman–Crippen MR) is 86.7 cm³/mol. The molecule has 0 saturated carbocycles. The summed E-state index contributed by atoms with van der Waals surface area (Å²) in [6, 6.07) is -0.487. The number of carbonyl (C=O) groups is 3. The van der Waals surface area contributed by atoms with E-state index in [1.807, 2.05) is 13.8 Å². The smallest absolute Gasteiger partial charge is 0.268 e. The van der Waals surface area contributed by atoms with Crippen LogP contribution in [0.1, 0.15) is 33.1 Å². The van der Waals surface area contributed by atoms with Crippen molar-refractivity contribution in [3.05, 3.63) is 0 Å². The number of nitrogens with zero attached hydrogens (tertiary/aromatic N) is 2. The number of imide groups is 1. The Hall–Kier alpha value is -2.00. The van der Waals surface area contributed by atoms with E-state index in [1.165, 1.54) is 0 Å². The number of hydrogen-bond acceptors (Lipinski definition) is 6. The lowest BCUT2D eigenvalue weighted by Gasteiger charge is -2.14. The number of aliphatic imine (C=N–C) groups is 1. The maximum absolute atomic E-state index is 11.7. The summed E-state index contributed by atoms with van der Waals surface area (Å²) < 4.78 is 4.88. The van der Waals surface area contributed by atoms with Crippen LogP contribution in [-0.2, 0) is 19.1 Å². The second-order valence-corrected chi connectivity index (χ2v) is 6.46. The Labute approximate surface area is 140 Å².